The molecule has 0 aromatic heterocycles. The Labute approximate surface area is 227 Å². The van der Waals surface area contributed by atoms with Crippen LogP contribution in [0.3, 0.4) is 0 Å². The minimum absolute atomic E-state index is 0.00564. The maximum absolute atomic E-state index is 12.5. The van der Waals surface area contributed by atoms with Gasteiger partial charge in [-0.05, 0) is 47.4 Å². The van der Waals surface area contributed by atoms with Crippen molar-refractivity contribution in [2.45, 2.75) is 52.9 Å². The predicted octanol–water partition coefficient (Wildman–Crippen LogP) is 5.71. The molecule has 3 rings (SSSR count). The maximum Gasteiger partial charge on any atom is 0.310 e. The molecule has 6 heteroatoms. The average Bonchev–Trinajstić information content (AvgIpc) is 2.86. The molecular formula is C32H41N3O3. The van der Waals surface area contributed by atoms with E-state index in [1.807, 2.05) is 31.2 Å². The zero-order valence-corrected chi connectivity index (χ0v) is 22.9. The lowest BCUT2D eigenvalue weighted by atomic mass is 9.94. The number of aryl methyl sites for hydroxylation is 1. The highest BCUT2D eigenvalue weighted by Crippen LogP contribution is 2.21. The quantitative estimate of drug-likeness (QED) is 0.155. The molecule has 2 aromatic rings. The molecule has 0 aliphatic carbocycles. The first-order chi connectivity index (χ1) is 18.2. The lowest BCUT2D eigenvalue weighted by Crippen LogP contribution is -2.54. The molecule has 1 heterocycles. The van der Waals surface area contributed by atoms with Crippen LogP contribution in [0, 0.1) is 17.8 Å². The zero-order chi connectivity index (χ0) is 27.7. The number of aliphatic carboxylic acids is 1. The van der Waals surface area contributed by atoms with Gasteiger partial charge in [-0.3, -0.25) is 9.59 Å². The van der Waals surface area contributed by atoms with E-state index in [4.69, 9.17) is 10.8 Å². The van der Waals surface area contributed by atoms with E-state index in [-0.39, 0.29) is 11.8 Å². The van der Waals surface area contributed by atoms with Crippen molar-refractivity contribution in [2.75, 3.05) is 13.1 Å². The first kappa shape index (κ1) is 28.9. The summed E-state index contributed by atoms with van der Waals surface area (Å²) in [6.45, 7) is 10.9. The van der Waals surface area contributed by atoms with Gasteiger partial charge in [-0.25, -0.2) is 4.99 Å². The number of carboxylic acids is 1. The van der Waals surface area contributed by atoms with Gasteiger partial charge in [0.25, 0.3) is 0 Å². The summed E-state index contributed by atoms with van der Waals surface area (Å²) in [5, 5.41) is 9.01. The van der Waals surface area contributed by atoms with Crippen molar-refractivity contribution in [3.05, 3.63) is 89.6 Å². The van der Waals surface area contributed by atoms with Gasteiger partial charge in [0, 0.05) is 30.8 Å². The monoisotopic (exact) mass is 515 g/mol. The van der Waals surface area contributed by atoms with Crippen LogP contribution in [-0.2, 0) is 22.4 Å². The number of unbranched alkanes of at least 4 members (excludes halogenated alkanes) is 1. The number of hydrogen-bond donors (Lipinski definition) is 2. The Morgan fingerprint density at radius 1 is 1.03 bits per heavy atom. The molecule has 3 N–H and O–H groups in total. The summed E-state index contributed by atoms with van der Waals surface area (Å²) in [7, 11) is 0. The molecule has 1 aliphatic rings. The summed E-state index contributed by atoms with van der Waals surface area (Å²) in [5.41, 5.74) is 11.4. The van der Waals surface area contributed by atoms with Gasteiger partial charge in [-0.1, -0.05) is 94.8 Å². The molecule has 1 aliphatic heterocycles. The second-order valence-corrected chi connectivity index (χ2v) is 10.7. The van der Waals surface area contributed by atoms with Crippen molar-refractivity contribution in [1.29, 1.82) is 0 Å². The highest BCUT2D eigenvalue weighted by molar-refractivity contribution is 5.98. The number of hydrogen-bond acceptors (Lipinski definition) is 3. The van der Waals surface area contributed by atoms with Crippen molar-refractivity contribution in [3.8, 4) is 0 Å². The van der Waals surface area contributed by atoms with E-state index in [1.54, 1.807) is 17.2 Å². The number of allylic oxidation sites excluding steroid dienone is 2. The van der Waals surface area contributed by atoms with Gasteiger partial charge in [0.2, 0.25) is 5.91 Å². The third kappa shape index (κ3) is 8.17. The minimum atomic E-state index is -0.840. The number of carboxylic acid groups (broad SMARTS) is 1. The molecule has 0 unspecified atom stereocenters. The fraction of sp³-hybridized carbons (Fsp3) is 0.406. The molecule has 2 aromatic carbocycles. The molecule has 1 fully saturated rings. The van der Waals surface area contributed by atoms with Crippen molar-refractivity contribution in [3.63, 3.8) is 0 Å². The second-order valence-electron chi connectivity index (χ2n) is 10.7. The van der Waals surface area contributed by atoms with Crippen LogP contribution in [0.1, 0.15) is 62.3 Å². The first-order valence-corrected chi connectivity index (χ1v) is 13.5. The average molecular weight is 516 g/mol. The summed E-state index contributed by atoms with van der Waals surface area (Å²) in [6, 6.07) is 16.3. The van der Waals surface area contributed by atoms with E-state index < -0.39 is 11.9 Å². The lowest BCUT2D eigenvalue weighted by Gasteiger charge is -2.38. The molecule has 0 saturated carbocycles. The van der Waals surface area contributed by atoms with E-state index >= 15 is 0 Å². The molecule has 1 atom stereocenters. The number of nitrogens with two attached hydrogens (primary N) is 1. The van der Waals surface area contributed by atoms with E-state index in [0.29, 0.717) is 25.3 Å². The van der Waals surface area contributed by atoms with Crippen LogP contribution >= 0.6 is 0 Å². The number of amidine groups is 1. The van der Waals surface area contributed by atoms with Crippen molar-refractivity contribution < 1.29 is 14.7 Å². The van der Waals surface area contributed by atoms with Gasteiger partial charge in [0.05, 0.1) is 5.92 Å². The Morgan fingerprint density at radius 2 is 1.63 bits per heavy atom. The molecule has 1 saturated heterocycles. The van der Waals surface area contributed by atoms with Crippen LogP contribution in [0.2, 0.25) is 0 Å². The third-order valence-corrected chi connectivity index (χ3v) is 7.10. The number of amides is 1. The van der Waals surface area contributed by atoms with Crippen molar-refractivity contribution >= 4 is 23.3 Å². The molecule has 0 bridgehead atoms. The fourth-order valence-corrected chi connectivity index (χ4v) is 4.58. The number of nitrogens with zero attached hydrogens (tertiary/aromatic N) is 2. The van der Waals surface area contributed by atoms with E-state index in [0.717, 1.165) is 34.6 Å². The first-order valence-electron chi connectivity index (χ1n) is 13.5. The maximum atomic E-state index is 12.5. The van der Waals surface area contributed by atoms with E-state index in [2.05, 4.69) is 49.7 Å². The Hall–Kier alpha value is -3.67. The standard InChI is InChI=1S/C32H41N3O3/c1-5-26(27-14-10-24(11-15-27)9-7-6-8-22(2)3)19-34-30(33)28-16-12-25(13-17-28)18-23(4)31(36)35-20-29(21-35)32(37)38/h5,10-17,19,22-23,29H,1,6-9,18,20-21H2,2-4H3,(H2,33,34)(H,37,38)/b26-19+/t23-/m0/s1. The Balaban J connectivity index is 1.55. The molecule has 0 radical (unpaired) electrons. The third-order valence-electron chi connectivity index (χ3n) is 7.10. The van der Waals surface area contributed by atoms with Gasteiger partial charge >= 0.3 is 5.97 Å². The van der Waals surface area contributed by atoms with Crippen LogP contribution in [-0.4, -0.2) is 40.8 Å². The van der Waals surface area contributed by atoms with E-state index in [9.17, 15) is 9.59 Å². The lowest BCUT2D eigenvalue weighted by molar-refractivity contribution is -0.154. The molecule has 6 nitrogen and oxygen atoms in total. The normalized spacial score (nSPS) is 15.3. The summed E-state index contributed by atoms with van der Waals surface area (Å²) in [5.74, 6) is -0.337. The summed E-state index contributed by atoms with van der Waals surface area (Å²) in [6.07, 6.45) is 8.95. The SMILES string of the molecule is C=C/C(=C\N=C(/N)c1ccc(C[C@H](C)C(=O)N2CC(C(=O)O)C2)cc1)c1ccc(CCCCC(C)C)cc1. The van der Waals surface area contributed by atoms with Crippen LogP contribution in [0.15, 0.2) is 72.4 Å². The number of carbonyl (C=O) groups excluding carboxylic acids is 1. The number of rotatable bonds is 13. The largest absolute Gasteiger partial charge is 0.481 e. The smallest absolute Gasteiger partial charge is 0.310 e. The molecule has 0 spiro atoms. The predicted molar refractivity (Wildman–Crippen MR) is 155 cm³/mol. The molecule has 38 heavy (non-hydrogen) atoms. The summed E-state index contributed by atoms with van der Waals surface area (Å²) >= 11 is 0. The van der Waals surface area contributed by atoms with Gasteiger partial charge in [0.1, 0.15) is 5.84 Å². The van der Waals surface area contributed by atoms with Crippen molar-refractivity contribution in [1.82, 2.24) is 4.90 Å². The Bertz CT molecular complexity index is 1160. The van der Waals surface area contributed by atoms with E-state index in [1.165, 1.54) is 24.8 Å². The zero-order valence-electron chi connectivity index (χ0n) is 22.9. The van der Waals surface area contributed by atoms with Gasteiger partial charge in [-0.15, -0.1) is 0 Å². The van der Waals surface area contributed by atoms with Crippen LogP contribution in [0.4, 0.5) is 0 Å². The van der Waals surface area contributed by atoms with Crippen molar-refractivity contribution in [2.24, 2.45) is 28.5 Å². The van der Waals surface area contributed by atoms with Crippen LogP contribution in [0.25, 0.3) is 5.57 Å². The Kier molecular flexibility index (Phi) is 10.5. The highest BCUT2D eigenvalue weighted by atomic mass is 16.4. The Morgan fingerprint density at radius 3 is 2.21 bits per heavy atom. The van der Waals surface area contributed by atoms with Gasteiger partial charge < -0.3 is 15.7 Å². The number of carbonyl (C=O) groups is 2. The number of aliphatic imine (C=N–C) groups is 1. The minimum Gasteiger partial charge on any atom is -0.481 e. The summed E-state index contributed by atoms with van der Waals surface area (Å²) in [4.78, 5) is 29.6. The fourth-order valence-electron chi connectivity index (χ4n) is 4.58. The van der Waals surface area contributed by atoms with Gasteiger partial charge in [-0.2, -0.15) is 0 Å². The second kappa shape index (κ2) is 13.8. The van der Waals surface area contributed by atoms with Gasteiger partial charge in [0.15, 0.2) is 0 Å². The number of likely N-dealkylation sites (tertiary alicyclic amines) is 1. The molecular weight excluding hydrogens is 474 g/mol. The number of benzene rings is 2. The molecule has 1 amide bonds. The van der Waals surface area contributed by atoms with Crippen LogP contribution in [0.5, 0.6) is 0 Å². The topological polar surface area (TPSA) is 96.0 Å². The molecule has 202 valence electrons. The summed E-state index contributed by atoms with van der Waals surface area (Å²) < 4.78 is 0. The highest BCUT2D eigenvalue weighted by Gasteiger charge is 2.37. The van der Waals surface area contributed by atoms with Crippen LogP contribution < -0.4 is 5.73 Å².